The average Bonchev–Trinajstić information content (AvgIpc) is 3.37. The van der Waals surface area contributed by atoms with Gasteiger partial charge in [-0.25, -0.2) is 0 Å². The van der Waals surface area contributed by atoms with Crippen molar-refractivity contribution in [1.29, 1.82) is 0 Å². The largest absolute Gasteiger partial charge is 0.454 e. The molecule has 4 saturated heterocycles. The second kappa shape index (κ2) is 6.75. The van der Waals surface area contributed by atoms with Crippen LogP contribution in [0.15, 0.2) is 36.4 Å². The van der Waals surface area contributed by atoms with Gasteiger partial charge in [0.1, 0.15) is 0 Å². The maximum absolute atomic E-state index is 5.69. The minimum atomic E-state index is 0.350. The number of benzene rings is 2. The van der Waals surface area contributed by atoms with Gasteiger partial charge in [0.25, 0.3) is 0 Å². The molecule has 4 heteroatoms. The second-order valence-corrected chi connectivity index (χ2v) is 9.42. The number of aryl methyl sites for hydroxylation is 2. The second-order valence-electron chi connectivity index (χ2n) is 9.42. The van der Waals surface area contributed by atoms with Crippen LogP contribution < -0.4 is 9.47 Å². The SMILES string of the molecule is Cc1ccc(CN2C[C@@H](c3ccc4c(c3)OCO4)[C@@H]3[C@H]2C2CCN3CC2)cc1C. The minimum absolute atomic E-state index is 0.350. The summed E-state index contributed by atoms with van der Waals surface area (Å²) in [5, 5.41) is 0. The molecule has 3 atom stereocenters. The van der Waals surface area contributed by atoms with E-state index in [-0.39, 0.29) is 0 Å². The molecule has 0 aliphatic carbocycles. The molecular formula is C25H30N2O2. The summed E-state index contributed by atoms with van der Waals surface area (Å²) in [6, 6.07) is 14.9. The van der Waals surface area contributed by atoms with E-state index in [0.717, 1.165) is 30.5 Å². The topological polar surface area (TPSA) is 24.9 Å². The fourth-order valence-electron chi connectivity index (χ4n) is 6.30. The summed E-state index contributed by atoms with van der Waals surface area (Å²) in [5.41, 5.74) is 5.66. The summed E-state index contributed by atoms with van der Waals surface area (Å²) >= 11 is 0. The molecule has 5 aliphatic rings. The Hall–Kier alpha value is -2.04. The van der Waals surface area contributed by atoms with Crippen molar-refractivity contribution >= 4 is 0 Å². The minimum Gasteiger partial charge on any atom is -0.454 e. The van der Waals surface area contributed by atoms with Crippen molar-refractivity contribution in [2.45, 2.75) is 51.2 Å². The Morgan fingerprint density at radius 1 is 0.897 bits per heavy atom. The van der Waals surface area contributed by atoms with Gasteiger partial charge in [-0.2, -0.15) is 0 Å². The fourth-order valence-corrected chi connectivity index (χ4v) is 6.30. The lowest BCUT2D eigenvalue weighted by Crippen LogP contribution is -2.59. The number of likely N-dealkylation sites (tertiary alicyclic amines) is 1. The highest BCUT2D eigenvalue weighted by Gasteiger charge is 2.53. The molecule has 5 aliphatic heterocycles. The normalized spacial score (nSPS) is 32.6. The Labute approximate surface area is 173 Å². The Kier molecular flexibility index (Phi) is 4.14. The number of hydrogen-bond donors (Lipinski definition) is 0. The maximum atomic E-state index is 5.69. The monoisotopic (exact) mass is 390 g/mol. The number of rotatable bonds is 3. The van der Waals surface area contributed by atoms with Gasteiger partial charge in [0.2, 0.25) is 6.79 Å². The Bertz CT molecular complexity index is 934. The van der Waals surface area contributed by atoms with Gasteiger partial charge in [0.15, 0.2) is 11.5 Å². The van der Waals surface area contributed by atoms with Gasteiger partial charge in [-0.3, -0.25) is 9.80 Å². The number of nitrogens with zero attached hydrogens (tertiary/aromatic N) is 2. The smallest absolute Gasteiger partial charge is 0.231 e. The summed E-state index contributed by atoms with van der Waals surface area (Å²) in [6.07, 6.45) is 2.72. The lowest BCUT2D eigenvalue weighted by Gasteiger charge is -2.51. The molecule has 2 aromatic rings. The van der Waals surface area contributed by atoms with Gasteiger partial charge < -0.3 is 9.47 Å². The number of piperidine rings is 3. The van der Waals surface area contributed by atoms with Crippen LogP contribution in [0.4, 0.5) is 0 Å². The zero-order valence-corrected chi connectivity index (χ0v) is 17.4. The van der Waals surface area contributed by atoms with Crippen LogP contribution in [-0.4, -0.2) is 48.3 Å². The third-order valence-electron chi connectivity index (χ3n) is 7.88. The summed E-state index contributed by atoms with van der Waals surface area (Å²) in [4.78, 5) is 5.57. The first kappa shape index (κ1) is 17.8. The predicted molar refractivity (Wildman–Crippen MR) is 114 cm³/mol. The molecule has 0 saturated carbocycles. The van der Waals surface area contributed by atoms with E-state index in [1.165, 1.54) is 48.2 Å². The molecule has 0 spiro atoms. The first-order chi connectivity index (χ1) is 14.2. The van der Waals surface area contributed by atoms with Crippen LogP contribution in [-0.2, 0) is 6.54 Å². The quantitative estimate of drug-likeness (QED) is 0.788. The average molecular weight is 391 g/mol. The lowest BCUT2D eigenvalue weighted by molar-refractivity contribution is -0.00870. The van der Waals surface area contributed by atoms with Gasteiger partial charge in [0, 0.05) is 31.1 Å². The highest BCUT2D eigenvalue weighted by Crippen LogP contribution is 2.48. The molecule has 152 valence electrons. The van der Waals surface area contributed by atoms with Crippen LogP contribution >= 0.6 is 0 Å². The van der Waals surface area contributed by atoms with Crippen LogP contribution in [0.3, 0.4) is 0 Å². The van der Waals surface area contributed by atoms with Gasteiger partial charge in [-0.1, -0.05) is 24.3 Å². The van der Waals surface area contributed by atoms with Crippen molar-refractivity contribution < 1.29 is 9.47 Å². The molecule has 5 heterocycles. The molecule has 2 bridgehead atoms. The zero-order valence-electron chi connectivity index (χ0n) is 17.4. The highest BCUT2D eigenvalue weighted by atomic mass is 16.7. The molecular weight excluding hydrogens is 360 g/mol. The molecule has 0 N–H and O–H groups in total. The summed E-state index contributed by atoms with van der Waals surface area (Å²) in [7, 11) is 0. The molecule has 0 aromatic heterocycles. The molecule has 0 amide bonds. The highest BCUT2D eigenvalue weighted by molar-refractivity contribution is 5.46. The maximum Gasteiger partial charge on any atom is 0.231 e. The number of fused-ring (bicyclic) bond motifs is 3. The van der Waals surface area contributed by atoms with E-state index in [1.54, 1.807) is 0 Å². The number of ether oxygens (including phenoxy) is 2. The molecule has 4 nitrogen and oxygen atoms in total. The van der Waals surface area contributed by atoms with Gasteiger partial charge in [-0.15, -0.1) is 0 Å². The molecule has 7 rings (SSSR count). The van der Waals surface area contributed by atoms with E-state index < -0.39 is 0 Å². The fraction of sp³-hybridized carbons (Fsp3) is 0.520. The van der Waals surface area contributed by atoms with Crippen molar-refractivity contribution in [2.24, 2.45) is 5.92 Å². The van der Waals surface area contributed by atoms with Gasteiger partial charge in [-0.05, 0) is 80.1 Å². The van der Waals surface area contributed by atoms with E-state index in [1.807, 2.05) is 0 Å². The van der Waals surface area contributed by atoms with E-state index in [4.69, 9.17) is 9.47 Å². The molecule has 0 unspecified atom stereocenters. The molecule has 2 aromatic carbocycles. The first-order valence-electron chi connectivity index (χ1n) is 11.1. The summed E-state index contributed by atoms with van der Waals surface area (Å²) in [6.45, 7) is 9.52. The molecule has 4 fully saturated rings. The van der Waals surface area contributed by atoms with Crippen molar-refractivity contribution in [1.82, 2.24) is 9.80 Å². The van der Waals surface area contributed by atoms with Crippen LogP contribution in [0.25, 0.3) is 0 Å². The van der Waals surface area contributed by atoms with Crippen LogP contribution in [0.5, 0.6) is 11.5 Å². The van der Waals surface area contributed by atoms with Crippen LogP contribution in [0.2, 0.25) is 0 Å². The van der Waals surface area contributed by atoms with Crippen LogP contribution in [0.1, 0.15) is 41.0 Å². The van der Waals surface area contributed by atoms with Gasteiger partial charge >= 0.3 is 0 Å². The van der Waals surface area contributed by atoms with E-state index >= 15 is 0 Å². The first-order valence-corrected chi connectivity index (χ1v) is 11.1. The summed E-state index contributed by atoms with van der Waals surface area (Å²) < 4.78 is 11.2. The Morgan fingerprint density at radius 2 is 1.72 bits per heavy atom. The molecule has 0 radical (unpaired) electrons. The third kappa shape index (κ3) is 2.88. The van der Waals surface area contributed by atoms with Crippen molar-refractivity contribution in [3.63, 3.8) is 0 Å². The van der Waals surface area contributed by atoms with E-state index in [2.05, 4.69) is 60.0 Å². The lowest BCUT2D eigenvalue weighted by atomic mass is 9.75. The van der Waals surface area contributed by atoms with Crippen molar-refractivity contribution in [3.05, 3.63) is 58.7 Å². The van der Waals surface area contributed by atoms with Crippen molar-refractivity contribution in [2.75, 3.05) is 26.4 Å². The Morgan fingerprint density at radius 3 is 2.55 bits per heavy atom. The number of hydrogen-bond acceptors (Lipinski definition) is 4. The van der Waals surface area contributed by atoms with Gasteiger partial charge in [0.05, 0.1) is 0 Å². The summed E-state index contributed by atoms with van der Waals surface area (Å²) in [5.74, 6) is 3.20. The standard InChI is InChI=1S/C25H30N2O2/c1-16-3-4-18(11-17(16)2)13-27-14-21(20-5-6-22-23(12-20)29-15-28-22)25-24(27)19-7-9-26(25)10-8-19/h3-6,11-12,19,21,24-25H,7-10,13-15H2,1-2H3/t21-,24+,25+/m0/s1. The zero-order chi connectivity index (χ0) is 19.5. The van der Waals surface area contributed by atoms with E-state index in [9.17, 15) is 0 Å². The Balaban J connectivity index is 1.33. The van der Waals surface area contributed by atoms with Crippen molar-refractivity contribution in [3.8, 4) is 11.5 Å². The van der Waals surface area contributed by atoms with Crippen LogP contribution in [0, 0.1) is 19.8 Å². The predicted octanol–water partition coefficient (Wildman–Crippen LogP) is 4.09. The molecule has 29 heavy (non-hydrogen) atoms. The third-order valence-corrected chi connectivity index (χ3v) is 7.88. The van der Waals surface area contributed by atoms with E-state index in [0.29, 0.717) is 24.8 Å².